The quantitative estimate of drug-likeness (QED) is 0.403. The Morgan fingerprint density at radius 2 is 0.696 bits per heavy atom. The molecule has 0 aromatic carbocycles. The Morgan fingerprint density at radius 1 is 0.391 bits per heavy atom. The maximum absolute atomic E-state index is 5.30. The van der Waals surface area contributed by atoms with Gasteiger partial charge in [0.2, 0.25) is 0 Å². The van der Waals surface area contributed by atoms with Gasteiger partial charge in [-0.3, -0.25) is 0 Å². The highest BCUT2D eigenvalue weighted by molar-refractivity contribution is 4.34. The van der Waals surface area contributed by atoms with Gasteiger partial charge in [-0.1, -0.05) is 40.5 Å². The predicted molar refractivity (Wildman–Crippen MR) is 97.3 cm³/mol. The number of rotatable bonds is 16. The third-order valence-corrected chi connectivity index (χ3v) is 2.73. The lowest BCUT2D eigenvalue weighted by Crippen LogP contribution is -2.05. The Labute approximate surface area is 144 Å². The van der Waals surface area contributed by atoms with Crippen LogP contribution >= 0.6 is 0 Å². The molecule has 0 aromatic heterocycles. The van der Waals surface area contributed by atoms with Crippen LogP contribution in [-0.4, -0.2) is 58.3 Å². The molecule has 144 valence electrons. The van der Waals surface area contributed by atoms with Crippen LogP contribution in [0.1, 0.15) is 66.2 Å². The molecule has 0 atom stereocenters. The Bertz CT molecular complexity index is 133. The van der Waals surface area contributed by atoms with Crippen molar-refractivity contribution >= 4 is 0 Å². The van der Waals surface area contributed by atoms with E-state index >= 15 is 0 Å². The largest absolute Gasteiger partial charge is 0.412 e. The van der Waals surface area contributed by atoms with E-state index in [9.17, 15) is 0 Å². The molecule has 0 amide bonds. The molecule has 2 N–H and O–H groups in total. The second-order valence-corrected chi connectivity index (χ2v) is 5.16. The fourth-order valence-corrected chi connectivity index (χ4v) is 1.43. The summed E-state index contributed by atoms with van der Waals surface area (Å²) in [5.74, 6) is 0. The molecule has 0 aliphatic carbocycles. The molecule has 0 aliphatic rings. The third-order valence-electron chi connectivity index (χ3n) is 2.73. The van der Waals surface area contributed by atoms with Gasteiger partial charge >= 0.3 is 0 Å². The summed E-state index contributed by atoms with van der Waals surface area (Å²) in [6, 6.07) is 0. The molecular formula is C18H42O5. The summed E-state index contributed by atoms with van der Waals surface area (Å²) in [5, 5.41) is 0. The SMILES string of the molecule is CCCCOCCOCCC.CCCCOCCOCCC.O. The van der Waals surface area contributed by atoms with E-state index in [1.54, 1.807) is 0 Å². The zero-order valence-electron chi connectivity index (χ0n) is 16.0. The highest BCUT2D eigenvalue weighted by atomic mass is 16.5. The molecule has 0 saturated heterocycles. The molecule has 0 fully saturated rings. The monoisotopic (exact) mass is 338 g/mol. The van der Waals surface area contributed by atoms with Crippen molar-refractivity contribution in [3.8, 4) is 0 Å². The van der Waals surface area contributed by atoms with Gasteiger partial charge in [-0.05, 0) is 25.7 Å². The minimum Gasteiger partial charge on any atom is -0.412 e. The first-order valence-electron chi connectivity index (χ1n) is 9.14. The van der Waals surface area contributed by atoms with Gasteiger partial charge in [-0.2, -0.15) is 0 Å². The Hall–Kier alpha value is -0.200. The summed E-state index contributed by atoms with van der Waals surface area (Å²) in [4.78, 5) is 0. The van der Waals surface area contributed by atoms with E-state index in [0.29, 0.717) is 0 Å². The maximum atomic E-state index is 5.30. The van der Waals surface area contributed by atoms with Gasteiger partial charge in [-0.15, -0.1) is 0 Å². The number of unbranched alkanes of at least 4 members (excludes halogenated alkanes) is 2. The molecule has 0 bridgehead atoms. The van der Waals surface area contributed by atoms with Crippen molar-refractivity contribution in [2.24, 2.45) is 0 Å². The number of ether oxygens (including phenoxy) is 4. The average Bonchev–Trinajstić information content (AvgIpc) is 2.54. The predicted octanol–water partition coefficient (Wildman–Crippen LogP) is 3.63. The highest BCUT2D eigenvalue weighted by Gasteiger charge is 1.88. The Balaban J connectivity index is -0.000000333. The fourth-order valence-electron chi connectivity index (χ4n) is 1.43. The highest BCUT2D eigenvalue weighted by Crippen LogP contribution is 1.89. The second kappa shape index (κ2) is 29.8. The van der Waals surface area contributed by atoms with Gasteiger partial charge in [0.25, 0.3) is 0 Å². The Morgan fingerprint density at radius 3 is 0.957 bits per heavy atom. The minimum absolute atomic E-state index is 0. The first-order chi connectivity index (χ1) is 10.8. The summed E-state index contributed by atoms with van der Waals surface area (Å²) >= 11 is 0. The fraction of sp³-hybridized carbons (Fsp3) is 1.00. The molecule has 0 saturated carbocycles. The summed E-state index contributed by atoms with van der Waals surface area (Å²) < 4.78 is 21.1. The lowest BCUT2D eigenvalue weighted by molar-refractivity contribution is 0.0470. The van der Waals surface area contributed by atoms with Crippen molar-refractivity contribution in [3.63, 3.8) is 0 Å². The number of hydrogen-bond donors (Lipinski definition) is 0. The maximum Gasteiger partial charge on any atom is 0.0700 e. The molecule has 0 rings (SSSR count). The smallest absolute Gasteiger partial charge is 0.0700 e. The van der Waals surface area contributed by atoms with E-state index in [1.165, 1.54) is 12.8 Å². The minimum atomic E-state index is 0. The van der Waals surface area contributed by atoms with Crippen LogP contribution in [0, 0.1) is 0 Å². The lowest BCUT2D eigenvalue weighted by Gasteiger charge is -2.03. The molecule has 0 aromatic rings. The van der Waals surface area contributed by atoms with Gasteiger partial charge < -0.3 is 24.4 Å². The van der Waals surface area contributed by atoms with Crippen molar-refractivity contribution in [2.45, 2.75) is 66.2 Å². The van der Waals surface area contributed by atoms with Crippen LogP contribution in [0.3, 0.4) is 0 Å². The standard InChI is InChI=1S/2C9H20O2.H2O/c2*1-3-5-7-11-9-8-10-6-4-2;/h2*3-9H2,1-2H3;1H2. The molecule has 0 heterocycles. The van der Waals surface area contributed by atoms with Crippen LogP contribution in [0.15, 0.2) is 0 Å². The molecular weight excluding hydrogens is 296 g/mol. The lowest BCUT2D eigenvalue weighted by atomic mass is 10.4. The topological polar surface area (TPSA) is 68.4 Å². The summed E-state index contributed by atoms with van der Waals surface area (Å²) in [7, 11) is 0. The molecule has 5 heteroatoms. The summed E-state index contributed by atoms with van der Waals surface area (Å²) in [5.41, 5.74) is 0. The van der Waals surface area contributed by atoms with Crippen LogP contribution in [0.25, 0.3) is 0 Å². The van der Waals surface area contributed by atoms with Gasteiger partial charge in [0.1, 0.15) is 0 Å². The van der Waals surface area contributed by atoms with Crippen molar-refractivity contribution in [1.29, 1.82) is 0 Å². The molecule has 0 radical (unpaired) electrons. The van der Waals surface area contributed by atoms with E-state index < -0.39 is 0 Å². The van der Waals surface area contributed by atoms with E-state index in [2.05, 4.69) is 27.7 Å². The normalized spacial score (nSPS) is 9.91. The van der Waals surface area contributed by atoms with Gasteiger partial charge in [0.05, 0.1) is 26.4 Å². The van der Waals surface area contributed by atoms with Crippen LogP contribution < -0.4 is 0 Å². The zero-order valence-corrected chi connectivity index (χ0v) is 16.0. The van der Waals surface area contributed by atoms with Crippen LogP contribution in [-0.2, 0) is 18.9 Å². The van der Waals surface area contributed by atoms with Crippen LogP contribution in [0.5, 0.6) is 0 Å². The van der Waals surface area contributed by atoms with Crippen LogP contribution in [0.4, 0.5) is 0 Å². The molecule has 0 unspecified atom stereocenters. The van der Waals surface area contributed by atoms with Crippen molar-refractivity contribution in [2.75, 3.05) is 52.9 Å². The first-order valence-corrected chi connectivity index (χ1v) is 9.14. The van der Waals surface area contributed by atoms with Gasteiger partial charge in [0, 0.05) is 26.4 Å². The third kappa shape index (κ3) is 34.2. The van der Waals surface area contributed by atoms with E-state index in [1.807, 2.05) is 0 Å². The second-order valence-electron chi connectivity index (χ2n) is 5.16. The Kier molecular flexibility index (Phi) is 35.8. The first kappa shape index (κ1) is 27.6. The van der Waals surface area contributed by atoms with Crippen molar-refractivity contribution < 1.29 is 24.4 Å². The average molecular weight is 339 g/mol. The number of hydrogen-bond acceptors (Lipinski definition) is 4. The van der Waals surface area contributed by atoms with E-state index in [-0.39, 0.29) is 5.48 Å². The summed E-state index contributed by atoms with van der Waals surface area (Å²) in [6.45, 7) is 15.0. The molecule has 23 heavy (non-hydrogen) atoms. The van der Waals surface area contributed by atoms with Gasteiger partial charge in [-0.25, -0.2) is 0 Å². The van der Waals surface area contributed by atoms with Gasteiger partial charge in [0.15, 0.2) is 0 Å². The van der Waals surface area contributed by atoms with Crippen LogP contribution in [0.2, 0.25) is 0 Å². The molecule has 5 nitrogen and oxygen atoms in total. The molecule has 0 spiro atoms. The zero-order chi connectivity index (χ0) is 16.7. The van der Waals surface area contributed by atoms with E-state index in [4.69, 9.17) is 18.9 Å². The molecule has 0 aliphatic heterocycles. The van der Waals surface area contributed by atoms with Crippen molar-refractivity contribution in [3.05, 3.63) is 0 Å². The van der Waals surface area contributed by atoms with E-state index in [0.717, 1.165) is 78.5 Å². The van der Waals surface area contributed by atoms with Crippen molar-refractivity contribution in [1.82, 2.24) is 0 Å². The summed E-state index contributed by atoms with van der Waals surface area (Å²) in [6.07, 6.45) is 6.91.